The third-order valence-electron chi connectivity index (χ3n) is 3.07. The van der Waals surface area contributed by atoms with E-state index in [1.807, 2.05) is 18.2 Å². The molecule has 0 fully saturated rings. The van der Waals surface area contributed by atoms with E-state index in [0.717, 1.165) is 5.56 Å². The summed E-state index contributed by atoms with van der Waals surface area (Å²) in [5.41, 5.74) is 1.32. The Kier molecular flexibility index (Phi) is 5.09. The molecule has 110 valence electrons. The lowest BCUT2D eigenvalue weighted by atomic mass is 10.1. The van der Waals surface area contributed by atoms with E-state index < -0.39 is 0 Å². The first-order valence-corrected chi connectivity index (χ1v) is 6.80. The predicted molar refractivity (Wildman–Crippen MR) is 79.7 cm³/mol. The molecule has 0 aliphatic heterocycles. The van der Waals surface area contributed by atoms with E-state index >= 15 is 0 Å². The van der Waals surface area contributed by atoms with Crippen LogP contribution in [-0.2, 0) is 4.79 Å². The monoisotopic (exact) mass is 286 g/mol. The smallest absolute Gasteiger partial charge is 0.252 e. The van der Waals surface area contributed by atoms with Gasteiger partial charge in [0.1, 0.15) is 5.82 Å². The lowest BCUT2D eigenvalue weighted by Gasteiger charge is -2.08. The third kappa shape index (κ3) is 3.92. The summed E-state index contributed by atoms with van der Waals surface area (Å²) < 4.78 is 0. The topological polar surface area (TPSA) is 86.9 Å². The zero-order chi connectivity index (χ0) is 15.1. The fourth-order valence-electron chi connectivity index (χ4n) is 1.97. The van der Waals surface area contributed by atoms with Gasteiger partial charge in [0.15, 0.2) is 0 Å². The molecule has 3 N–H and O–H groups in total. The Bertz CT molecular complexity index is 608. The number of nitrogens with one attached hydrogen (secondary N) is 3. The second-order valence-electron chi connectivity index (χ2n) is 4.52. The van der Waals surface area contributed by atoms with Crippen LogP contribution in [0.2, 0.25) is 0 Å². The zero-order valence-corrected chi connectivity index (χ0v) is 11.8. The van der Waals surface area contributed by atoms with Crippen molar-refractivity contribution in [3.63, 3.8) is 0 Å². The van der Waals surface area contributed by atoms with E-state index in [0.29, 0.717) is 30.8 Å². The first-order chi connectivity index (χ1) is 10.2. The van der Waals surface area contributed by atoms with Crippen LogP contribution >= 0.6 is 0 Å². The molecular formula is C15H18N4O2. The van der Waals surface area contributed by atoms with E-state index in [1.165, 1.54) is 0 Å². The summed E-state index contributed by atoms with van der Waals surface area (Å²) in [6, 6.07) is 7.27. The Morgan fingerprint density at radius 2 is 2.10 bits per heavy atom. The van der Waals surface area contributed by atoms with Gasteiger partial charge in [-0.1, -0.05) is 18.2 Å². The highest BCUT2D eigenvalue weighted by Crippen LogP contribution is 2.19. The van der Waals surface area contributed by atoms with Gasteiger partial charge in [-0.2, -0.15) is 0 Å². The van der Waals surface area contributed by atoms with Gasteiger partial charge in [-0.05, 0) is 12.5 Å². The van der Waals surface area contributed by atoms with Crippen LogP contribution in [0.3, 0.4) is 0 Å². The second-order valence-corrected chi connectivity index (χ2v) is 4.52. The van der Waals surface area contributed by atoms with Crippen molar-refractivity contribution < 1.29 is 9.59 Å². The summed E-state index contributed by atoms with van der Waals surface area (Å²) in [5.74, 6) is 0.463. The van der Waals surface area contributed by atoms with Crippen LogP contribution in [0.15, 0.2) is 36.7 Å². The minimum atomic E-state index is -0.168. The molecule has 0 saturated carbocycles. The predicted octanol–water partition coefficient (Wildman–Crippen LogP) is 1.33. The lowest BCUT2D eigenvalue weighted by molar-refractivity contribution is -0.120. The fourth-order valence-corrected chi connectivity index (χ4v) is 1.97. The first kappa shape index (κ1) is 14.8. The highest BCUT2D eigenvalue weighted by molar-refractivity contribution is 6.00. The van der Waals surface area contributed by atoms with E-state index in [9.17, 15) is 9.59 Å². The molecule has 0 aliphatic rings. The van der Waals surface area contributed by atoms with Gasteiger partial charge < -0.3 is 15.6 Å². The maximum absolute atomic E-state index is 12.2. The average Bonchev–Trinajstić information content (AvgIpc) is 3.05. The minimum Gasteiger partial charge on any atom is -0.359 e. The molecule has 1 aromatic heterocycles. The van der Waals surface area contributed by atoms with Crippen LogP contribution in [-0.4, -0.2) is 35.4 Å². The van der Waals surface area contributed by atoms with Crippen molar-refractivity contribution in [3.05, 3.63) is 42.2 Å². The average molecular weight is 286 g/mol. The van der Waals surface area contributed by atoms with Crippen LogP contribution < -0.4 is 10.6 Å². The van der Waals surface area contributed by atoms with Crippen molar-refractivity contribution in [2.75, 3.05) is 13.6 Å². The fraction of sp³-hybridized carbons (Fsp3) is 0.267. The third-order valence-corrected chi connectivity index (χ3v) is 3.07. The molecule has 0 saturated heterocycles. The molecule has 6 nitrogen and oxygen atoms in total. The molecule has 1 heterocycles. The molecule has 6 heteroatoms. The number of hydrogen-bond donors (Lipinski definition) is 3. The molecular weight excluding hydrogens is 268 g/mol. The van der Waals surface area contributed by atoms with Gasteiger partial charge in [0.05, 0.1) is 5.56 Å². The summed E-state index contributed by atoms with van der Waals surface area (Å²) in [7, 11) is 1.60. The zero-order valence-electron chi connectivity index (χ0n) is 11.8. The molecule has 2 aromatic rings. The molecule has 0 radical (unpaired) electrons. The number of nitrogens with zero attached hydrogens (tertiary/aromatic N) is 1. The van der Waals surface area contributed by atoms with E-state index in [1.54, 1.807) is 25.5 Å². The SMILES string of the molecule is CNC(=O)CCCNC(=O)c1ccccc1-c1ncc[nH]1. The van der Waals surface area contributed by atoms with Gasteiger partial charge in [0, 0.05) is 38.0 Å². The summed E-state index contributed by atoms with van der Waals surface area (Å²) in [6.45, 7) is 0.457. The van der Waals surface area contributed by atoms with Crippen molar-refractivity contribution in [1.29, 1.82) is 0 Å². The standard InChI is InChI=1S/C15H18N4O2/c1-16-13(20)7-4-8-19-15(21)12-6-3-2-5-11(12)14-17-9-10-18-14/h2-3,5-6,9-10H,4,7-8H2,1H3,(H,16,20)(H,17,18)(H,19,21). The van der Waals surface area contributed by atoms with Gasteiger partial charge in [0.25, 0.3) is 5.91 Å². The molecule has 2 amide bonds. The van der Waals surface area contributed by atoms with Crippen LogP contribution in [0.25, 0.3) is 11.4 Å². The summed E-state index contributed by atoms with van der Waals surface area (Å²) in [6.07, 6.45) is 4.37. The van der Waals surface area contributed by atoms with Gasteiger partial charge in [-0.3, -0.25) is 9.59 Å². The van der Waals surface area contributed by atoms with Crippen molar-refractivity contribution in [1.82, 2.24) is 20.6 Å². The number of H-pyrrole nitrogens is 1. The number of carbonyl (C=O) groups excluding carboxylic acids is 2. The number of carbonyl (C=O) groups is 2. The van der Waals surface area contributed by atoms with Crippen molar-refractivity contribution in [2.24, 2.45) is 0 Å². The Hall–Kier alpha value is -2.63. The molecule has 0 bridgehead atoms. The minimum absolute atomic E-state index is 0.0276. The van der Waals surface area contributed by atoms with E-state index in [4.69, 9.17) is 0 Å². The highest BCUT2D eigenvalue weighted by Gasteiger charge is 2.13. The number of aromatic nitrogens is 2. The van der Waals surface area contributed by atoms with Gasteiger partial charge in [-0.15, -0.1) is 0 Å². The first-order valence-electron chi connectivity index (χ1n) is 6.80. The lowest BCUT2D eigenvalue weighted by Crippen LogP contribution is -2.26. The normalized spacial score (nSPS) is 10.1. The van der Waals surface area contributed by atoms with Crippen molar-refractivity contribution >= 4 is 11.8 Å². The van der Waals surface area contributed by atoms with E-state index in [2.05, 4.69) is 20.6 Å². The number of benzene rings is 1. The van der Waals surface area contributed by atoms with Gasteiger partial charge in [-0.25, -0.2) is 4.98 Å². The maximum atomic E-state index is 12.2. The Morgan fingerprint density at radius 3 is 2.81 bits per heavy atom. The van der Waals surface area contributed by atoms with Gasteiger partial charge >= 0.3 is 0 Å². The van der Waals surface area contributed by atoms with Gasteiger partial charge in [0.2, 0.25) is 5.91 Å². The van der Waals surface area contributed by atoms with Crippen LogP contribution in [0, 0.1) is 0 Å². The molecule has 0 atom stereocenters. The molecule has 0 unspecified atom stereocenters. The Labute approximate surface area is 123 Å². The van der Waals surface area contributed by atoms with Crippen LogP contribution in [0.5, 0.6) is 0 Å². The highest BCUT2D eigenvalue weighted by atomic mass is 16.2. The maximum Gasteiger partial charge on any atom is 0.252 e. The summed E-state index contributed by atoms with van der Waals surface area (Å²) in [4.78, 5) is 30.5. The molecule has 2 rings (SSSR count). The second kappa shape index (κ2) is 7.23. The number of amides is 2. The van der Waals surface area contributed by atoms with Crippen LogP contribution in [0.1, 0.15) is 23.2 Å². The Morgan fingerprint density at radius 1 is 1.29 bits per heavy atom. The number of imidazole rings is 1. The molecule has 0 aliphatic carbocycles. The van der Waals surface area contributed by atoms with Crippen molar-refractivity contribution in [2.45, 2.75) is 12.8 Å². The number of aromatic amines is 1. The molecule has 0 spiro atoms. The Balaban J connectivity index is 1.98. The number of rotatable bonds is 6. The summed E-state index contributed by atoms with van der Waals surface area (Å²) >= 11 is 0. The van der Waals surface area contributed by atoms with E-state index in [-0.39, 0.29) is 11.8 Å². The molecule has 21 heavy (non-hydrogen) atoms. The molecule has 1 aromatic carbocycles. The number of hydrogen-bond acceptors (Lipinski definition) is 3. The quantitative estimate of drug-likeness (QED) is 0.700. The summed E-state index contributed by atoms with van der Waals surface area (Å²) in [5, 5.41) is 5.37. The van der Waals surface area contributed by atoms with Crippen LogP contribution in [0.4, 0.5) is 0 Å². The van der Waals surface area contributed by atoms with Crippen molar-refractivity contribution in [3.8, 4) is 11.4 Å². The largest absolute Gasteiger partial charge is 0.359 e.